The zero-order valence-corrected chi connectivity index (χ0v) is 10.4. The zero-order valence-electron chi connectivity index (χ0n) is 9.56. The van der Waals surface area contributed by atoms with Gasteiger partial charge in [-0.1, -0.05) is 6.08 Å². The van der Waals surface area contributed by atoms with Gasteiger partial charge in [-0.15, -0.1) is 6.58 Å². The third-order valence-corrected chi connectivity index (χ3v) is 4.15. The second-order valence-corrected chi connectivity index (χ2v) is 5.58. The van der Waals surface area contributed by atoms with E-state index >= 15 is 0 Å². The third-order valence-electron chi connectivity index (χ3n) is 2.33. The van der Waals surface area contributed by atoms with Gasteiger partial charge in [-0.3, -0.25) is 0 Å². The van der Waals surface area contributed by atoms with E-state index in [-0.39, 0.29) is 23.5 Å². The van der Waals surface area contributed by atoms with Crippen LogP contribution in [0.2, 0.25) is 0 Å². The Morgan fingerprint density at radius 1 is 1.53 bits per heavy atom. The maximum atomic E-state index is 13.2. The molecule has 1 rings (SSSR count). The fourth-order valence-corrected chi connectivity index (χ4v) is 2.52. The molecule has 0 unspecified atom stereocenters. The molecule has 17 heavy (non-hydrogen) atoms. The molecule has 0 heterocycles. The molecule has 0 atom stereocenters. The van der Waals surface area contributed by atoms with Gasteiger partial charge in [0.05, 0.1) is 4.90 Å². The van der Waals surface area contributed by atoms with Crippen molar-refractivity contribution in [2.45, 2.75) is 11.4 Å². The summed E-state index contributed by atoms with van der Waals surface area (Å²) in [4.78, 5) is 0.0312. The summed E-state index contributed by atoms with van der Waals surface area (Å²) in [6.45, 7) is 3.62. The SMILES string of the molecule is C=CCN(C)S(=O)(=O)c1ccc(F)c(CN)c1. The van der Waals surface area contributed by atoms with E-state index in [1.54, 1.807) is 0 Å². The fourth-order valence-electron chi connectivity index (χ4n) is 1.33. The molecule has 0 radical (unpaired) electrons. The smallest absolute Gasteiger partial charge is 0.243 e. The minimum absolute atomic E-state index is 0.0312. The standard InChI is InChI=1S/C11H15FN2O2S/c1-3-6-14(2)17(15,16)10-4-5-11(12)9(7-10)8-13/h3-5,7H,1,6,8,13H2,2H3. The van der Waals surface area contributed by atoms with Crippen LogP contribution in [0.25, 0.3) is 0 Å². The van der Waals surface area contributed by atoms with Gasteiger partial charge in [0.2, 0.25) is 10.0 Å². The van der Waals surface area contributed by atoms with Crippen molar-refractivity contribution in [2.75, 3.05) is 13.6 Å². The normalized spacial score (nSPS) is 11.8. The van der Waals surface area contributed by atoms with Crippen LogP contribution >= 0.6 is 0 Å². The molecule has 0 saturated heterocycles. The van der Waals surface area contributed by atoms with Crippen LogP contribution in [0.4, 0.5) is 4.39 Å². The summed E-state index contributed by atoms with van der Waals surface area (Å²) in [5.74, 6) is -0.502. The van der Waals surface area contributed by atoms with Gasteiger partial charge >= 0.3 is 0 Å². The molecule has 2 N–H and O–H groups in total. The highest BCUT2D eigenvalue weighted by molar-refractivity contribution is 7.89. The molecule has 94 valence electrons. The minimum atomic E-state index is -3.61. The first-order chi connectivity index (χ1) is 7.93. The monoisotopic (exact) mass is 258 g/mol. The van der Waals surface area contributed by atoms with Crippen molar-refractivity contribution in [2.24, 2.45) is 5.73 Å². The number of hydrogen-bond acceptors (Lipinski definition) is 3. The molecular formula is C11H15FN2O2S. The van der Waals surface area contributed by atoms with E-state index < -0.39 is 15.8 Å². The van der Waals surface area contributed by atoms with Crippen LogP contribution in [0.3, 0.4) is 0 Å². The minimum Gasteiger partial charge on any atom is -0.326 e. The number of halogens is 1. The highest BCUT2D eigenvalue weighted by Crippen LogP contribution is 2.18. The van der Waals surface area contributed by atoms with E-state index in [0.29, 0.717) is 0 Å². The Morgan fingerprint density at radius 3 is 2.71 bits per heavy atom. The average molecular weight is 258 g/mol. The van der Waals surface area contributed by atoms with Gasteiger partial charge < -0.3 is 5.73 Å². The zero-order chi connectivity index (χ0) is 13.1. The summed E-state index contributed by atoms with van der Waals surface area (Å²) in [5.41, 5.74) is 5.51. The molecule has 0 amide bonds. The van der Waals surface area contributed by atoms with Gasteiger partial charge in [-0.25, -0.2) is 12.8 Å². The van der Waals surface area contributed by atoms with Gasteiger partial charge in [0.25, 0.3) is 0 Å². The maximum absolute atomic E-state index is 13.2. The van der Waals surface area contributed by atoms with Gasteiger partial charge in [-0.05, 0) is 18.2 Å². The Morgan fingerprint density at radius 2 is 2.18 bits per heavy atom. The van der Waals surface area contributed by atoms with Crippen molar-refractivity contribution in [1.82, 2.24) is 4.31 Å². The summed E-state index contributed by atoms with van der Waals surface area (Å²) in [7, 11) is -2.18. The second-order valence-electron chi connectivity index (χ2n) is 3.53. The van der Waals surface area contributed by atoms with Crippen molar-refractivity contribution in [1.29, 1.82) is 0 Å². The molecule has 0 aromatic heterocycles. The number of nitrogens with zero attached hydrogens (tertiary/aromatic N) is 1. The highest BCUT2D eigenvalue weighted by Gasteiger charge is 2.20. The van der Waals surface area contributed by atoms with E-state index in [1.807, 2.05) is 0 Å². The lowest BCUT2D eigenvalue weighted by atomic mass is 10.2. The Hall–Kier alpha value is -1.24. The van der Waals surface area contributed by atoms with E-state index in [9.17, 15) is 12.8 Å². The maximum Gasteiger partial charge on any atom is 0.243 e. The molecule has 0 aliphatic rings. The molecule has 0 bridgehead atoms. The number of rotatable bonds is 5. The number of hydrogen-bond donors (Lipinski definition) is 1. The van der Waals surface area contributed by atoms with E-state index in [4.69, 9.17) is 5.73 Å². The Labute approximate surface area is 101 Å². The third kappa shape index (κ3) is 2.91. The van der Waals surface area contributed by atoms with Gasteiger partial charge in [0, 0.05) is 25.7 Å². The van der Waals surface area contributed by atoms with Crippen molar-refractivity contribution in [3.8, 4) is 0 Å². The Kier molecular flexibility index (Phi) is 4.39. The van der Waals surface area contributed by atoms with Crippen LogP contribution in [0.5, 0.6) is 0 Å². The first kappa shape index (κ1) is 13.8. The molecule has 0 aliphatic carbocycles. The average Bonchev–Trinajstić information content (AvgIpc) is 2.29. The highest BCUT2D eigenvalue weighted by atomic mass is 32.2. The predicted molar refractivity (Wildman–Crippen MR) is 64.3 cm³/mol. The van der Waals surface area contributed by atoms with Crippen LogP contribution in [0.15, 0.2) is 35.7 Å². The summed E-state index contributed by atoms with van der Waals surface area (Å²) >= 11 is 0. The quantitative estimate of drug-likeness (QED) is 0.804. The van der Waals surface area contributed by atoms with E-state index in [0.717, 1.165) is 10.4 Å². The van der Waals surface area contributed by atoms with Crippen molar-refractivity contribution in [3.63, 3.8) is 0 Å². The number of sulfonamides is 1. The van der Waals surface area contributed by atoms with Crippen LogP contribution in [0, 0.1) is 5.82 Å². The predicted octanol–water partition coefficient (Wildman–Crippen LogP) is 1.09. The summed E-state index contributed by atoms with van der Waals surface area (Å²) in [6, 6.07) is 3.59. The number of nitrogens with two attached hydrogens (primary N) is 1. The van der Waals surface area contributed by atoms with Gasteiger partial charge in [0.15, 0.2) is 0 Å². The molecule has 6 heteroatoms. The van der Waals surface area contributed by atoms with Gasteiger partial charge in [0.1, 0.15) is 5.82 Å². The lowest BCUT2D eigenvalue weighted by molar-refractivity contribution is 0.499. The topological polar surface area (TPSA) is 63.4 Å². The largest absolute Gasteiger partial charge is 0.326 e. The van der Waals surface area contributed by atoms with Crippen LogP contribution in [-0.2, 0) is 16.6 Å². The molecule has 4 nitrogen and oxygen atoms in total. The first-order valence-corrected chi connectivity index (χ1v) is 6.43. The van der Waals surface area contributed by atoms with Crippen molar-refractivity contribution in [3.05, 3.63) is 42.2 Å². The van der Waals surface area contributed by atoms with Crippen LogP contribution in [0.1, 0.15) is 5.56 Å². The Bertz CT molecular complexity index is 514. The molecule has 0 aliphatic heterocycles. The van der Waals surface area contributed by atoms with E-state index in [1.165, 1.54) is 25.3 Å². The molecule has 1 aromatic rings. The van der Waals surface area contributed by atoms with E-state index in [2.05, 4.69) is 6.58 Å². The lowest BCUT2D eigenvalue weighted by Gasteiger charge is -2.15. The van der Waals surface area contributed by atoms with Crippen LogP contribution in [-0.4, -0.2) is 26.3 Å². The second kappa shape index (κ2) is 5.39. The molecule has 0 saturated carbocycles. The van der Waals surface area contributed by atoms with Crippen molar-refractivity contribution >= 4 is 10.0 Å². The fraction of sp³-hybridized carbons (Fsp3) is 0.273. The summed E-state index contributed by atoms with van der Waals surface area (Å²) < 4.78 is 38.4. The molecule has 0 fully saturated rings. The molecule has 0 spiro atoms. The molecule has 1 aromatic carbocycles. The summed E-state index contributed by atoms with van der Waals surface area (Å²) in [5, 5.41) is 0. The van der Waals surface area contributed by atoms with Crippen LogP contribution < -0.4 is 5.73 Å². The number of likely N-dealkylation sites (N-methyl/N-ethyl adjacent to an activating group) is 1. The summed E-state index contributed by atoms with van der Waals surface area (Å²) in [6.07, 6.45) is 1.48. The lowest BCUT2D eigenvalue weighted by Crippen LogP contribution is -2.27. The number of benzene rings is 1. The van der Waals surface area contributed by atoms with Crippen molar-refractivity contribution < 1.29 is 12.8 Å². The first-order valence-electron chi connectivity index (χ1n) is 4.99. The molecular weight excluding hydrogens is 243 g/mol. The Balaban J connectivity index is 3.20. The van der Waals surface area contributed by atoms with Gasteiger partial charge in [-0.2, -0.15) is 4.31 Å².